The quantitative estimate of drug-likeness (QED) is 0.809. The third-order valence-electron chi connectivity index (χ3n) is 2.51. The molecular weight excluding hydrogens is 205 g/mol. The standard InChI is InChI=1S/C11H13F3O/c1-10(2,9(15)11(12,13)14)8-6-4-3-5-7-8/h3-7,9,15H,1-2H3. The van der Waals surface area contributed by atoms with E-state index < -0.39 is 17.7 Å². The summed E-state index contributed by atoms with van der Waals surface area (Å²) in [5.74, 6) is 0. The van der Waals surface area contributed by atoms with Gasteiger partial charge in [-0.1, -0.05) is 44.2 Å². The van der Waals surface area contributed by atoms with Crippen molar-refractivity contribution in [3.05, 3.63) is 35.9 Å². The van der Waals surface area contributed by atoms with Gasteiger partial charge in [0.2, 0.25) is 0 Å². The smallest absolute Gasteiger partial charge is 0.383 e. The summed E-state index contributed by atoms with van der Waals surface area (Å²) in [6, 6.07) is 8.18. The largest absolute Gasteiger partial charge is 0.415 e. The fourth-order valence-corrected chi connectivity index (χ4v) is 1.43. The number of halogens is 3. The maximum Gasteiger partial charge on any atom is 0.415 e. The molecule has 0 saturated heterocycles. The molecular formula is C11H13F3O. The van der Waals surface area contributed by atoms with E-state index in [1.807, 2.05) is 0 Å². The second kappa shape index (κ2) is 3.85. The van der Waals surface area contributed by atoms with Gasteiger partial charge < -0.3 is 5.11 Å². The van der Waals surface area contributed by atoms with E-state index in [1.54, 1.807) is 30.3 Å². The molecule has 0 aliphatic rings. The van der Waals surface area contributed by atoms with Crippen molar-refractivity contribution in [1.82, 2.24) is 0 Å². The van der Waals surface area contributed by atoms with E-state index >= 15 is 0 Å². The van der Waals surface area contributed by atoms with Crippen molar-refractivity contribution in [3.63, 3.8) is 0 Å². The number of hydrogen-bond donors (Lipinski definition) is 1. The van der Waals surface area contributed by atoms with Gasteiger partial charge in [-0.15, -0.1) is 0 Å². The molecule has 0 saturated carbocycles. The SMILES string of the molecule is CC(C)(c1ccccc1)C(O)C(F)(F)F. The number of aliphatic hydroxyl groups excluding tert-OH is 1. The fourth-order valence-electron chi connectivity index (χ4n) is 1.43. The lowest BCUT2D eigenvalue weighted by molar-refractivity contribution is -0.221. The Morgan fingerprint density at radius 2 is 1.53 bits per heavy atom. The fraction of sp³-hybridized carbons (Fsp3) is 0.455. The summed E-state index contributed by atoms with van der Waals surface area (Å²) in [4.78, 5) is 0. The summed E-state index contributed by atoms with van der Waals surface area (Å²) < 4.78 is 37.1. The summed E-state index contributed by atoms with van der Waals surface area (Å²) in [7, 11) is 0. The molecule has 0 spiro atoms. The van der Waals surface area contributed by atoms with Crippen molar-refractivity contribution in [1.29, 1.82) is 0 Å². The van der Waals surface area contributed by atoms with Crippen LogP contribution in [0.4, 0.5) is 13.2 Å². The van der Waals surface area contributed by atoms with Crippen LogP contribution in [0, 0.1) is 0 Å². The Hall–Kier alpha value is -1.03. The van der Waals surface area contributed by atoms with Crippen LogP contribution in [0.5, 0.6) is 0 Å². The topological polar surface area (TPSA) is 20.2 Å². The summed E-state index contributed by atoms with van der Waals surface area (Å²) in [6.07, 6.45) is -6.95. The Labute approximate surface area is 86.5 Å². The monoisotopic (exact) mass is 218 g/mol. The molecule has 1 unspecified atom stereocenters. The van der Waals surface area contributed by atoms with Gasteiger partial charge in [0.05, 0.1) is 0 Å². The molecule has 0 heterocycles. The number of rotatable bonds is 2. The molecule has 1 N–H and O–H groups in total. The van der Waals surface area contributed by atoms with Crippen LogP contribution in [-0.2, 0) is 5.41 Å². The Balaban J connectivity index is 3.03. The molecule has 1 atom stereocenters. The highest BCUT2D eigenvalue weighted by atomic mass is 19.4. The van der Waals surface area contributed by atoms with E-state index in [1.165, 1.54) is 13.8 Å². The first kappa shape index (κ1) is 12.0. The number of aliphatic hydroxyl groups is 1. The normalized spacial score (nSPS) is 15.1. The van der Waals surface area contributed by atoms with Crippen molar-refractivity contribution in [2.45, 2.75) is 31.5 Å². The highest BCUT2D eigenvalue weighted by molar-refractivity contribution is 5.25. The maximum atomic E-state index is 12.4. The Morgan fingerprint density at radius 3 is 1.93 bits per heavy atom. The zero-order chi connectivity index (χ0) is 11.7. The summed E-state index contributed by atoms with van der Waals surface area (Å²) in [5, 5.41) is 9.24. The molecule has 0 radical (unpaired) electrons. The van der Waals surface area contributed by atoms with Crippen molar-refractivity contribution < 1.29 is 18.3 Å². The van der Waals surface area contributed by atoms with Crippen molar-refractivity contribution in [2.75, 3.05) is 0 Å². The van der Waals surface area contributed by atoms with Crippen LogP contribution in [-0.4, -0.2) is 17.4 Å². The van der Waals surface area contributed by atoms with Gasteiger partial charge in [0.1, 0.15) is 0 Å². The van der Waals surface area contributed by atoms with E-state index in [4.69, 9.17) is 0 Å². The zero-order valence-electron chi connectivity index (χ0n) is 8.55. The first-order valence-electron chi connectivity index (χ1n) is 4.56. The Morgan fingerprint density at radius 1 is 1.07 bits per heavy atom. The Bertz CT molecular complexity index is 316. The van der Waals surface area contributed by atoms with Gasteiger partial charge in [0, 0.05) is 5.41 Å². The van der Waals surface area contributed by atoms with Gasteiger partial charge in [-0.25, -0.2) is 0 Å². The molecule has 1 rings (SSSR count). The maximum absolute atomic E-state index is 12.4. The molecule has 0 fully saturated rings. The van der Waals surface area contributed by atoms with Gasteiger partial charge in [-0.3, -0.25) is 0 Å². The van der Waals surface area contributed by atoms with Gasteiger partial charge in [0.25, 0.3) is 0 Å². The van der Waals surface area contributed by atoms with Crippen molar-refractivity contribution >= 4 is 0 Å². The van der Waals surface area contributed by atoms with Crippen LogP contribution in [0.1, 0.15) is 19.4 Å². The number of alkyl halides is 3. The van der Waals surface area contributed by atoms with Crippen molar-refractivity contribution in [3.8, 4) is 0 Å². The molecule has 4 heteroatoms. The van der Waals surface area contributed by atoms with Crippen LogP contribution < -0.4 is 0 Å². The lowest BCUT2D eigenvalue weighted by atomic mass is 9.79. The van der Waals surface area contributed by atoms with Crippen LogP contribution in [0.3, 0.4) is 0 Å². The van der Waals surface area contributed by atoms with E-state index in [2.05, 4.69) is 0 Å². The van der Waals surface area contributed by atoms with E-state index in [-0.39, 0.29) is 0 Å². The molecule has 0 aliphatic heterocycles. The summed E-state index contributed by atoms with van der Waals surface area (Å²) in [5.41, 5.74) is -0.866. The zero-order valence-corrected chi connectivity index (χ0v) is 8.55. The molecule has 1 aromatic rings. The molecule has 1 aromatic carbocycles. The second-order valence-corrected chi connectivity index (χ2v) is 4.03. The van der Waals surface area contributed by atoms with Gasteiger partial charge in [0.15, 0.2) is 6.10 Å². The Kier molecular flexibility index (Phi) is 3.09. The van der Waals surface area contributed by atoms with Crippen LogP contribution in [0.15, 0.2) is 30.3 Å². The minimum absolute atomic E-state index is 0.467. The molecule has 0 bridgehead atoms. The minimum Gasteiger partial charge on any atom is -0.383 e. The minimum atomic E-state index is -4.60. The first-order valence-corrected chi connectivity index (χ1v) is 4.56. The van der Waals surface area contributed by atoms with Crippen molar-refractivity contribution in [2.24, 2.45) is 0 Å². The van der Waals surface area contributed by atoms with Gasteiger partial charge >= 0.3 is 6.18 Å². The van der Waals surface area contributed by atoms with E-state index in [9.17, 15) is 18.3 Å². The third kappa shape index (κ3) is 2.50. The highest BCUT2D eigenvalue weighted by Gasteiger charge is 2.48. The molecule has 1 nitrogen and oxygen atoms in total. The first-order chi connectivity index (χ1) is 6.76. The van der Waals surface area contributed by atoms with Crippen LogP contribution in [0.25, 0.3) is 0 Å². The lowest BCUT2D eigenvalue weighted by Crippen LogP contribution is -2.44. The molecule has 0 aromatic heterocycles. The highest BCUT2D eigenvalue weighted by Crippen LogP contribution is 2.36. The lowest BCUT2D eigenvalue weighted by Gasteiger charge is -2.32. The molecule has 15 heavy (non-hydrogen) atoms. The van der Waals surface area contributed by atoms with Gasteiger partial charge in [-0.05, 0) is 5.56 Å². The number of hydrogen-bond acceptors (Lipinski definition) is 1. The summed E-state index contributed by atoms with van der Waals surface area (Å²) in [6.45, 7) is 2.75. The van der Waals surface area contributed by atoms with Gasteiger partial charge in [-0.2, -0.15) is 13.2 Å². The molecule has 0 aliphatic carbocycles. The van der Waals surface area contributed by atoms with Crippen LogP contribution >= 0.6 is 0 Å². The van der Waals surface area contributed by atoms with Crippen LogP contribution in [0.2, 0.25) is 0 Å². The predicted molar refractivity (Wildman–Crippen MR) is 51.5 cm³/mol. The predicted octanol–water partition coefficient (Wildman–Crippen LogP) is 2.89. The number of benzene rings is 1. The molecule has 0 amide bonds. The third-order valence-corrected chi connectivity index (χ3v) is 2.51. The average molecular weight is 218 g/mol. The average Bonchev–Trinajstić information content (AvgIpc) is 2.16. The molecule has 84 valence electrons. The second-order valence-electron chi connectivity index (χ2n) is 4.03. The van der Waals surface area contributed by atoms with E-state index in [0.717, 1.165) is 0 Å². The van der Waals surface area contributed by atoms with E-state index in [0.29, 0.717) is 5.56 Å². The summed E-state index contributed by atoms with van der Waals surface area (Å²) >= 11 is 0.